The fraction of sp³-hybridized carbons (Fsp3) is 0.346. The fourth-order valence-electron chi connectivity index (χ4n) is 4.71. The lowest BCUT2D eigenvalue weighted by Crippen LogP contribution is -2.47. The molecule has 0 amide bonds. The van der Waals surface area contributed by atoms with Gasteiger partial charge in [0.25, 0.3) is 0 Å². The second kappa shape index (κ2) is 9.79. The molecular weight excluding hydrogens is 521 g/mol. The van der Waals surface area contributed by atoms with Crippen molar-refractivity contribution in [3.63, 3.8) is 0 Å². The quantitative estimate of drug-likeness (QED) is 0.294. The van der Waals surface area contributed by atoms with Crippen molar-refractivity contribution < 1.29 is 23.4 Å². The number of carboxylic acid groups (broad SMARTS) is 1. The number of carbonyl (C=O) groups is 1. The van der Waals surface area contributed by atoms with Crippen LogP contribution < -0.4 is 15.4 Å². The number of piperazine rings is 1. The monoisotopic (exact) mass is 549 g/mol. The second-order valence-electron chi connectivity index (χ2n) is 10.1. The van der Waals surface area contributed by atoms with Crippen molar-refractivity contribution in [3.8, 4) is 17.3 Å². The Kier molecular flexibility index (Phi) is 6.25. The highest BCUT2D eigenvalue weighted by molar-refractivity contribution is 5.87. The molecule has 4 aromatic heterocycles. The zero-order chi connectivity index (χ0) is 28.0. The number of rotatable bonds is 8. The van der Waals surface area contributed by atoms with Crippen molar-refractivity contribution in [1.82, 2.24) is 34.0 Å². The first kappa shape index (κ1) is 25.6. The van der Waals surface area contributed by atoms with Crippen molar-refractivity contribution in [2.75, 3.05) is 43.4 Å². The molecule has 40 heavy (non-hydrogen) atoms. The molecule has 0 radical (unpaired) electrons. The Balaban J connectivity index is 1.10. The highest BCUT2D eigenvalue weighted by atomic mass is 19.1. The third kappa shape index (κ3) is 4.66. The smallest absolute Gasteiger partial charge is 0.347 e. The van der Waals surface area contributed by atoms with Gasteiger partial charge >= 0.3 is 5.97 Å². The molecule has 208 valence electrons. The summed E-state index contributed by atoms with van der Waals surface area (Å²) in [5.74, 6) is -0.261. The zero-order valence-electron chi connectivity index (χ0n) is 22.0. The average Bonchev–Trinajstić information content (AvgIpc) is 3.68. The molecule has 3 N–H and O–H groups in total. The number of ether oxygens (including phenoxy) is 1. The number of benzene rings is 1. The first-order chi connectivity index (χ1) is 19.2. The number of aromatic nitrogens is 6. The predicted molar refractivity (Wildman–Crippen MR) is 144 cm³/mol. The normalized spacial score (nSPS) is 14.8. The number of fused-ring (bicyclic) bond motifs is 3. The van der Waals surface area contributed by atoms with E-state index >= 15 is 0 Å². The van der Waals surface area contributed by atoms with Gasteiger partial charge in [-0.2, -0.15) is 9.50 Å². The highest BCUT2D eigenvalue weighted by Gasteiger charge is 2.30. The van der Waals surface area contributed by atoms with Gasteiger partial charge in [0.2, 0.25) is 11.8 Å². The number of imidazole rings is 1. The second-order valence-corrected chi connectivity index (χ2v) is 10.1. The molecule has 13 nitrogen and oxygen atoms in total. The summed E-state index contributed by atoms with van der Waals surface area (Å²) in [6.07, 6.45) is 3.28. The van der Waals surface area contributed by atoms with Crippen LogP contribution >= 0.6 is 0 Å². The number of nitrogen functional groups attached to an aromatic ring is 1. The van der Waals surface area contributed by atoms with Crippen molar-refractivity contribution in [2.24, 2.45) is 0 Å². The van der Waals surface area contributed by atoms with Crippen LogP contribution in [0.4, 0.5) is 16.0 Å². The van der Waals surface area contributed by atoms with Crippen molar-refractivity contribution in [2.45, 2.75) is 26.0 Å². The average molecular weight is 550 g/mol. The Morgan fingerprint density at radius 1 is 1.15 bits per heavy atom. The summed E-state index contributed by atoms with van der Waals surface area (Å²) in [5, 5.41) is 13.6. The number of anilines is 2. The SMILES string of the molecule is CC(C)(Oc1ccc(N2CCN(CCn3cnc4c3nc(N)n3nc(-c5ccco5)nc43)CC2)c(F)c1)C(=O)O. The molecule has 1 fully saturated rings. The number of furan rings is 1. The number of halogens is 1. The van der Waals surface area contributed by atoms with Crippen molar-refractivity contribution in [1.29, 1.82) is 0 Å². The standard InChI is InChI=1S/C26H28FN9O4/c1-26(2,24(37)38)40-16-5-6-18(17(27)14-16)34-10-7-33(8-11-34)9-12-35-15-29-20-22(35)31-25(28)36-23(20)30-21(32-36)19-4-3-13-39-19/h3-6,13-15H,7-12H2,1-2H3,(H2,28,31)(H,37,38). The Morgan fingerprint density at radius 2 is 1.95 bits per heavy atom. The van der Waals surface area contributed by atoms with Gasteiger partial charge in [0.15, 0.2) is 28.2 Å². The van der Waals surface area contributed by atoms with Gasteiger partial charge in [0.1, 0.15) is 11.6 Å². The molecular formula is C26H28FN9O4. The summed E-state index contributed by atoms with van der Waals surface area (Å²) in [6, 6.07) is 8.00. The molecule has 14 heteroatoms. The minimum absolute atomic E-state index is 0.176. The molecule has 1 aliphatic rings. The minimum atomic E-state index is -1.45. The topological polar surface area (TPSA) is 153 Å². The van der Waals surface area contributed by atoms with Crippen molar-refractivity contribution in [3.05, 3.63) is 48.7 Å². The summed E-state index contributed by atoms with van der Waals surface area (Å²) >= 11 is 0. The molecule has 1 saturated heterocycles. The van der Waals surface area contributed by atoms with E-state index in [-0.39, 0.29) is 11.7 Å². The summed E-state index contributed by atoms with van der Waals surface area (Å²) in [7, 11) is 0. The number of nitrogens with two attached hydrogens (primary N) is 1. The van der Waals surface area contributed by atoms with E-state index in [4.69, 9.17) is 14.9 Å². The maximum atomic E-state index is 14.9. The number of aliphatic carboxylic acids is 1. The van der Waals surface area contributed by atoms with E-state index in [0.29, 0.717) is 53.7 Å². The predicted octanol–water partition coefficient (Wildman–Crippen LogP) is 2.52. The van der Waals surface area contributed by atoms with E-state index in [1.54, 1.807) is 36.9 Å². The number of hydrogen-bond acceptors (Lipinski definition) is 10. The van der Waals surface area contributed by atoms with E-state index in [1.165, 1.54) is 24.4 Å². The van der Waals surface area contributed by atoms with Gasteiger partial charge in [-0.3, -0.25) is 4.90 Å². The van der Waals surface area contributed by atoms with Crippen LogP contribution in [0.3, 0.4) is 0 Å². The van der Waals surface area contributed by atoms with E-state index in [1.807, 2.05) is 9.47 Å². The van der Waals surface area contributed by atoms with Crippen LogP contribution in [0, 0.1) is 5.82 Å². The Bertz CT molecular complexity index is 1690. The summed E-state index contributed by atoms with van der Waals surface area (Å²) < 4.78 is 29.1. The van der Waals surface area contributed by atoms with Gasteiger partial charge in [-0.05, 0) is 38.1 Å². The lowest BCUT2D eigenvalue weighted by molar-refractivity contribution is -0.152. The maximum absolute atomic E-state index is 14.9. The molecule has 0 unspecified atom stereocenters. The van der Waals surface area contributed by atoms with Crippen LogP contribution in [0.1, 0.15) is 13.8 Å². The summed E-state index contributed by atoms with van der Waals surface area (Å²) in [4.78, 5) is 29.2. The fourth-order valence-corrected chi connectivity index (χ4v) is 4.71. The summed E-state index contributed by atoms with van der Waals surface area (Å²) in [5.41, 5.74) is 6.93. The first-order valence-electron chi connectivity index (χ1n) is 12.8. The Morgan fingerprint density at radius 3 is 2.65 bits per heavy atom. The van der Waals surface area contributed by atoms with Gasteiger partial charge in [-0.15, -0.1) is 5.10 Å². The minimum Gasteiger partial charge on any atom is -0.478 e. The molecule has 0 saturated carbocycles. The van der Waals surface area contributed by atoms with E-state index < -0.39 is 17.4 Å². The molecule has 1 aliphatic heterocycles. The Hall–Kier alpha value is -4.72. The van der Waals surface area contributed by atoms with Gasteiger partial charge in [-0.25, -0.2) is 19.2 Å². The van der Waals surface area contributed by atoms with Crippen LogP contribution in [-0.4, -0.2) is 83.4 Å². The molecule has 6 rings (SSSR count). The van der Waals surface area contributed by atoms with Crippen LogP contribution in [-0.2, 0) is 11.3 Å². The van der Waals surface area contributed by atoms with E-state index in [2.05, 4.69) is 25.0 Å². The van der Waals surface area contributed by atoms with Crippen LogP contribution in [0.2, 0.25) is 0 Å². The Labute approximate surface area is 227 Å². The summed E-state index contributed by atoms with van der Waals surface area (Å²) in [6.45, 7) is 7.00. The van der Waals surface area contributed by atoms with Crippen LogP contribution in [0.5, 0.6) is 5.75 Å². The number of hydrogen-bond donors (Lipinski definition) is 2. The molecule has 0 atom stereocenters. The lowest BCUT2D eigenvalue weighted by Gasteiger charge is -2.36. The lowest BCUT2D eigenvalue weighted by atomic mass is 10.1. The first-order valence-corrected chi connectivity index (χ1v) is 12.8. The van der Waals surface area contributed by atoms with Gasteiger partial charge in [-0.1, -0.05) is 0 Å². The highest BCUT2D eigenvalue weighted by Crippen LogP contribution is 2.28. The largest absolute Gasteiger partial charge is 0.478 e. The van der Waals surface area contributed by atoms with Crippen LogP contribution in [0.25, 0.3) is 28.4 Å². The molecule has 0 bridgehead atoms. The van der Waals surface area contributed by atoms with Crippen molar-refractivity contribution >= 4 is 34.4 Å². The third-order valence-electron chi connectivity index (χ3n) is 6.99. The molecule has 5 aromatic rings. The van der Waals surface area contributed by atoms with Gasteiger partial charge in [0.05, 0.1) is 18.3 Å². The third-order valence-corrected chi connectivity index (χ3v) is 6.99. The molecule has 0 spiro atoms. The number of nitrogens with zero attached hydrogens (tertiary/aromatic N) is 8. The zero-order valence-corrected chi connectivity index (χ0v) is 22.0. The molecule has 1 aromatic carbocycles. The van der Waals surface area contributed by atoms with Gasteiger partial charge in [0, 0.05) is 45.3 Å². The number of carboxylic acids is 1. The van der Waals surface area contributed by atoms with E-state index in [0.717, 1.165) is 19.6 Å². The van der Waals surface area contributed by atoms with Crippen LogP contribution in [0.15, 0.2) is 47.3 Å². The molecule has 5 heterocycles. The maximum Gasteiger partial charge on any atom is 0.347 e. The van der Waals surface area contributed by atoms with E-state index in [9.17, 15) is 14.3 Å². The molecule has 0 aliphatic carbocycles. The van der Waals surface area contributed by atoms with Gasteiger partial charge < -0.3 is 29.5 Å².